The third-order valence-electron chi connectivity index (χ3n) is 6.01. The Balaban J connectivity index is 1.85. The van der Waals surface area contributed by atoms with Gasteiger partial charge in [-0.1, -0.05) is 48.9 Å². The first-order valence-electron chi connectivity index (χ1n) is 10.3. The Kier molecular flexibility index (Phi) is 6.76. The predicted octanol–water partition coefficient (Wildman–Crippen LogP) is 3.81. The third kappa shape index (κ3) is 4.40. The average Bonchev–Trinajstić information content (AvgIpc) is 2.73. The summed E-state index contributed by atoms with van der Waals surface area (Å²) in [6, 6.07) is 17.1. The third-order valence-corrected chi connectivity index (χ3v) is 6.01. The molecule has 0 aromatic heterocycles. The van der Waals surface area contributed by atoms with Gasteiger partial charge in [0, 0.05) is 24.7 Å². The molecule has 1 aliphatic rings. The van der Waals surface area contributed by atoms with Crippen LogP contribution in [-0.2, 0) is 16.9 Å². The fourth-order valence-electron chi connectivity index (χ4n) is 4.18. The van der Waals surface area contributed by atoms with Gasteiger partial charge in [-0.15, -0.1) is 0 Å². The molecule has 0 bridgehead atoms. The maximum Gasteiger partial charge on any atom is 0.147 e. The highest BCUT2D eigenvalue weighted by Crippen LogP contribution is 2.37. The summed E-state index contributed by atoms with van der Waals surface area (Å²) in [4.78, 5) is 4.30. The number of ether oxygens (including phenoxy) is 1. The summed E-state index contributed by atoms with van der Waals surface area (Å²) in [5, 5.41) is 11.8. The Bertz CT molecular complexity index is 736. The molecule has 0 aliphatic carbocycles. The lowest BCUT2D eigenvalue weighted by Gasteiger charge is -2.42. The SMILES string of the molecule is CCC(Cc1ccc(C)cc1)C(O)(c1ccc(N2CCOCC2)cc1)N(C)C. The van der Waals surface area contributed by atoms with Gasteiger partial charge in [-0.05, 0) is 57.1 Å². The van der Waals surface area contributed by atoms with Gasteiger partial charge in [-0.25, -0.2) is 0 Å². The van der Waals surface area contributed by atoms with Crippen molar-refractivity contribution >= 4 is 5.69 Å². The zero-order valence-electron chi connectivity index (χ0n) is 17.7. The maximum absolute atomic E-state index is 11.8. The minimum Gasteiger partial charge on any atom is -0.378 e. The van der Waals surface area contributed by atoms with Crippen LogP contribution in [0, 0.1) is 12.8 Å². The number of morpholine rings is 1. The number of benzene rings is 2. The number of aliphatic hydroxyl groups is 1. The minimum absolute atomic E-state index is 0.0967. The summed E-state index contributed by atoms with van der Waals surface area (Å²) in [5.74, 6) is 0.0967. The van der Waals surface area contributed by atoms with Gasteiger partial charge >= 0.3 is 0 Å². The Morgan fingerprint density at radius 3 is 2.18 bits per heavy atom. The second-order valence-electron chi connectivity index (χ2n) is 8.06. The molecule has 2 unspecified atom stereocenters. The monoisotopic (exact) mass is 382 g/mol. The van der Waals surface area contributed by atoms with E-state index in [1.54, 1.807) is 0 Å². The van der Waals surface area contributed by atoms with Gasteiger partial charge in [0.2, 0.25) is 0 Å². The Morgan fingerprint density at radius 2 is 1.64 bits per heavy atom. The van der Waals surface area contributed by atoms with Gasteiger partial charge in [0.15, 0.2) is 0 Å². The Labute approximate surface area is 169 Å². The van der Waals surface area contributed by atoms with E-state index < -0.39 is 5.72 Å². The lowest BCUT2D eigenvalue weighted by molar-refractivity contribution is -0.137. The van der Waals surface area contributed by atoms with Crippen molar-refractivity contribution in [3.05, 3.63) is 65.2 Å². The van der Waals surface area contributed by atoms with Gasteiger partial charge in [0.25, 0.3) is 0 Å². The van der Waals surface area contributed by atoms with Gasteiger partial charge in [-0.3, -0.25) is 4.90 Å². The summed E-state index contributed by atoms with van der Waals surface area (Å²) in [6.07, 6.45) is 1.74. The van der Waals surface area contributed by atoms with E-state index in [1.807, 2.05) is 19.0 Å². The quantitative estimate of drug-likeness (QED) is 0.739. The topological polar surface area (TPSA) is 35.9 Å². The van der Waals surface area contributed by atoms with Crippen LogP contribution in [0.3, 0.4) is 0 Å². The number of rotatable bonds is 7. The number of anilines is 1. The van der Waals surface area contributed by atoms with Crippen molar-refractivity contribution in [1.29, 1.82) is 0 Å². The van der Waals surface area contributed by atoms with E-state index in [1.165, 1.54) is 16.8 Å². The number of aryl methyl sites for hydroxylation is 1. The second-order valence-corrected chi connectivity index (χ2v) is 8.06. The van der Waals surface area contributed by atoms with Crippen molar-refractivity contribution in [1.82, 2.24) is 4.90 Å². The molecule has 0 amide bonds. The van der Waals surface area contributed by atoms with Crippen molar-refractivity contribution in [2.75, 3.05) is 45.3 Å². The van der Waals surface area contributed by atoms with Crippen LogP contribution >= 0.6 is 0 Å². The van der Waals surface area contributed by atoms with Crippen LogP contribution in [0.25, 0.3) is 0 Å². The molecule has 4 nitrogen and oxygen atoms in total. The fraction of sp³-hybridized carbons (Fsp3) is 0.500. The molecular weight excluding hydrogens is 348 g/mol. The molecule has 0 radical (unpaired) electrons. The lowest BCUT2D eigenvalue weighted by Crippen LogP contribution is -2.48. The second kappa shape index (κ2) is 9.08. The van der Waals surface area contributed by atoms with Crippen LogP contribution in [0.1, 0.15) is 30.0 Å². The molecule has 3 rings (SSSR count). The van der Waals surface area contributed by atoms with Gasteiger partial charge in [-0.2, -0.15) is 0 Å². The molecule has 1 heterocycles. The standard InChI is InChI=1S/C24H34N2O2/c1-5-21(18-20-8-6-19(2)7-9-20)24(27,25(3)4)22-10-12-23(13-11-22)26-14-16-28-17-15-26/h6-13,21,27H,5,14-18H2,1-4H3. The molecule has 1 saturated heterocycles. The van der Waals surface area contributed by atoms with Crippen molar-refractivity contribution in [3.8, 4) is 0 Å². The molecule has 2 aromatic carbocycles. The molecule has 2 atom stereocenters. The van der Waals surface area contributed by atoms with Crippen molar-refractivity contribution in [2.45, 2.75) is 32.4 Å². The first-order valence-corrected chi connectivity index (χ1v) is 10.3. The van der Waals surface area contributed by atoms with Crippen LogP contribution in [0.5, 0.6) is 0 Å². The smallest absolute Gasteiger partial charge is 0.147 e. The number of hydrogen-bond donors (Lipinski definition) is 1. The lowest BCUT2D eigenvalue weighted by atomic mass is 9.81. The van der Waals surface area contributed by atoms with Crippen molar-refractivity contribution in [2.24, 2.45) is 5.92 Å². The van der Waals surface area contributed by atoms with E-state index in [4.69, 9.17) is 4.74 Å². The van der Waals surface area contributed by atoms with Crippen LogP contribution in [-0.4, -0.2) is 50.4 Å². The number of nitrogens with zero attached hydrogens (tertiary/aromatic N) is 2. The molecule has 1 N–H and O–H groups in total. The normalized spacial score (nSPS) is 18.1. The van der Waals surface area contributed by atoms with E-state index >= 15 is 0 Å². The highest BCUT2D eigenvalue weighted by atomic mass is 16.5. The number of hydrogen-bond acceptors (Lipinski definition) is 4. The molecule has 0 saturated carbocycles. The van der Waals surface area contributed by atoms with Crippen LogP contribution in [0.15, 0.2) is 48.5 Å². The summed E-state index contributed by atoms with van der Waals surface area (Å²) in [5.41, 5.74) is 3.66. The Morgan fingerprint density at radius 1 is 1.04 bits per heavy atom. The molecule has 4 heteroatoms. The first kappa shape index (κ1) is 20.8. The van der Waals surface area contributed by atoms with Crippen molar-refractivity contribution in [3.63, 3.8) is 0 Å². The highest BCUT2D eigenvalue weighted by Gasteiger charge is 2.39. The molecular formula is C24H34N2O2. The predicted molar refractivity (Wildman–Crippen MR) is 116 cm³/mol. The van der Waals surface area contributed by atoms with Gasteiger partial charge < -0.3 is 14.7 Å². The highest BCUT2D eigenvalue weighted by molar-refractivity contribution is 5.48. The molecule has 1 aliphatic heterocycles. The van der Waals surface area contributed by atoms with E-state index in [2.05, 4.69) is 67.3 Å². The van der Waals surface area contributed by atoms with Crippen LogP contribution in [0.4, 0.5) is 5.69 Å². The molecule has 28 heavy (non-hydrogen) atoms. The van der Waals surface area contributed by atoms with Crippen LogP contribution < -0.4 is 4.90 Å². The molecule has 2 aromatic rings. The summed E-state index contributed by atoms with van der Waals surface area (Å²) >= 11 is 0. The zero-order valence-corrected chi connectivity index (χ0v) is 17.7. The van der Waals surface area contributed by atoms with Gasteiger partial charge in [0.05, 0.1) is 13.2 Å². The molecule has 152 valence electrons. The Hall–Kier alpha value is -1.88. The summed E-state index contributed by atoms with van der Waals surface area (Å²) < 4.78 is 5.45. The van der Waals surface area contributed by atoms with E-state index in [0.29, 0.717) is 0 Å². The average molecular weight is 383 g/mol. The zero-order chi connectivity index (χ0) is 20.1. The van der Waals surface area contributed by atoms with Crippen LogP contribution in [0.2, 0.25) is 0 Å². The first-order chi connectivity index (χ1) is 13.4. The van der Waals surface area contributed by atoms with Gasteiger partial charge in [0.1, 0.15) is 5.72 Å². The molecule has 0 spiro atoms. The fourth-order valence-corrected chi connectivity index (χ4v) is 4.18. The summed E-state index contributed by atoms with van der Waals surface area (Å²) in [7, 11) is 3.93. The minimum atomic E-state index is -1.01. The van der Waals surface area contributed by atoms with E-state index in [0.717, 1.165) is 44.7 Å². The summed E-state index contributed by atoms with van der Waals surface area (Å²) in [6.45, 7) is 7.66. The van der Waals surface area contributed by atoms with E-state index in [9.17, 15) is 5.11 Å². The molecule has 1 fully saturated rings. The largest absolute Gasteiger partial charge is 0.378 e. The van der Waals surface area contributed by atoms with E-state index in [-0.39, 0.29) is 5.92 Å². The van der Waals surface area contributed by atoms with Crippen molar-refractivity contribution < 1.29 is 9.84 Å². The maximum atomic E-state index is 11.8.